The van der Waals surface area contributed by atoms with Gasteiger partial charge in [-0.3, -0.25) is 4.79 Å². The lowest BCUT2D eigenvalue weighted by molar-refractivity contribution is -0.137. The molecule has 0 radical (unpaired) electrons. The van der Waals surface area contributed by atoms with Crippen molar-refractivity contribution >= 4 is 11.9 Å². The minimum absolute atomic E-state index is 0.00230. The molecule has 1 rings (SSSR count). The van der Waals surface area contributed by atoms with Crippen molar-refractivity contribution in [2.75, 3.05) is 0 Å². The summed E-state index contributed by atoms with van der Waals surface area (Å²) in [5, 5.41) is 8.27. The summed E-state index contributed by atoms with van der Waals surface area (Å²) in [6.45, 7) is 1.49. The molecule has 0 heterocycles. The lowest BCUT2D eigenvalue weighted by atomic mass is 10.2. The van der Waals surface area contributed by atoms with Gasteiger partial charge in [-0.2, -0.15) is 0 Å². The van der Waals surface area contributed by atoms with Crippen LogP contribution in [0.5, 0.6) is 5.75 Å². The first kappa shape index (κ1) is 9.48. The van der Waals surface area contributed by atoms with Gasteiger partial charge in [0.2, 0.25) is 0 Å². The van der Waals surface area contributed by atoms with Crippen molar-refractivity contribution in [3.8, 4) is 5.75 Å². The molecule has 1 aromatic rings. The highest BCUT2D eigenvalue weighted by molar-refractivity contribution is 5.91. The summed E-state index contributed by atoms with van der Waals surface area (Å²) >= 11 is 0. The molecule has 0 unspecified atom stereocenters. The van der Waals surface area contributed by atoms with Crippen LogP contribution in [0, 0.1) is 0 Å². The molecule has 3 nitrogen and oxygen atoms in total. The maximum Gasteiger partial charge on any atom is 0.165 e. The van der Waals surface area contributed by atoms with Gasteiger partial charge in [-0.15, -0.1) is 0 Å². The predicted molar refractivity (Wildman–Crippen MR) is 49.4 cm³/mol. The Morgan fingerprint density at radius 1 is 1.38 bits per heavy atom. The first-order chi connectivity index (χ1) is 6.22. The summed E-state index contributed by atoms with van der Waals surface area (Å²) in [7, 11) is 0. The number of allylic oxidation sites excluding steroid dienone is 1. The highest BCUT2D eigenvalue weighted by atomic mass is 17.1. The Morgan fingerprint density at radius 2 is 2.00 bits per heavy atom. The average molecular weight is 178 g/mol. The highest BCUT2D eigenvalue weighted by Crippen LogP contribution is 2.11. The van der Waals surface area contributed by atoms with Gasteiger partial charge in [-0.1, -0.05) is 18.2 Å². The number of ketones is 1. The second-order valence-corrected chi connectivity index (χ2v) is 2.60. The third-order valence-electron chi connectivity index (χ3n) is 1.50. The molecule has 13 heavy (non-hydrogen) atoms. The molecule has 0 bridgehead atoms. The van der Waals surface area contributed by atoms with E-state index in [0.29, 0.717) is 5.75 Å². The van der Waals surface area contributed by atoms with Crippen molar-refractivity contribution in [1.82, 2.24) is 0 Å². The zero-order valence-corrected chi connectivity index (χ0v) is 7.23. The van der Waals surface area contributed by atoms with E-state index in [9.17, 15) is 4.79 Å². The minimum atomic E-state index is 0.00230. The number of carbonyl (C=O) groups excluding carboxylic acids is 1. The Bertz CT molecular complexity index is 311. The summed E-state index contributed by atoms with van der Waals surface area (Å²) in [6, 6.07) is 6.70. The molecule has 0 spiro atoms. The number of hydrogen-bond acceptors (Lipinski definition) is 3. The standard InChI is InChI=1S/C10H10O3/c1-8(11)2-3-9-4-6-10(13-12)7-5-9/h2-7,12H,1H3. The molecular formula is C10H10O3. The van der Waals surface area contributed by atoms with Gasteiger partial charge in [0.1, 0.15) is 0 Å². The predicted octanol–water partition coefficient (Wildman–Crippen LogP) is 2.14. The van der Waals surface area contributed by atoms with Gasteiger partial charge in [-0.25, -0.2) is 5.26 Å². The van der Waals surface area contributed by atoms with Crippen LogP contribution in [0.3, 0.4) is 0 Å². The van der Waals surface area contributed by atoms with Crippen molar-refractivity contribution in [2.24, 2.45) is 0 Å². The van der Waals surface area contributed by atoms with Gasteiger partial charge >= 0.3 is 0 Å². The molecular weight excluding hydrogens is 168 g/mol. The molecule has 68 valence electrons. The average Bonchev–Trinajstić information content (AvgIpc) is 2.15. The Balaban J connectivity index is 2.75. The van der Waals surface area contributed by atoms with E-state index in [1.807, 2.05) is 0 Å². The lowest BCUT2D eigenvalue weighted by Crippen LogP contribution is -1.83. The van der Waals surface area contributed by atoms with Crippen LogP contribution in [-0.2, 0) is 4.79 Å². The molecule has 0 aliphatic carbocycles. The number of carbonyl (C=O) groups is 1. The van der Waals surface area contributed by atoms with Gasteiger partial charge in [-0.05, 0) is 30.7 Å². The first-order valence-corrected chi connectivity index (χ1v) is 3.82. The van der Waals surface area contributed by atoms with Crippen LogP contribution < -0.4 is 4.89 Å². The summed E-state index contributed by atoms with van der Waals surface area (Å²) < 4.78 is 0. The van der Waals surface area contributed by atoms with Crippen LogP contribution in [0.4, 0.5) is 0 Å². The fraction of sp³-hybridized carbons (Fsp3) is 0.100. The second kappa shape index (κ2) is 4.42. The minimum Gasteiger partial charge on any atom is -0.340 e. The molecule has 0 fully saturated rings. The van der Waals surface area contributed by atoms with Crippen molar-refractivity contribution < 1.29 is 14.9 Å². The highest BCUT2D eigenvalue weighted by Gasteiger charge is 1.91. The van der Waals surface area contributed by atoms with Gasteiger partial charge in [0.05, 0.1) is 0 Å². The second-order valence-electron chi connectivity index (χ2n) is 2.60. The largest absolute Gasteiger partial charge is 0.340 e. The van der Waals surface area contributed by atoms with E-state index in [0.717, 1.165) is 5.56 Å². The smallest absolute Gasteiger partial charge is 0.165 e. The SMILES string of the molecule is CC(=O)C=Cc1ccc(OO)cc1. The maximum atomic E-state index is 10.6. The third kappa shape index (κ3) is 3.09. The van der Waals surface area contributed by atoms with E-state index in [1.54, 1.807) is 30.3 Å². The molecule has 0 amide bonds. The number of rotatable bonds is 3. The third-order valence-corrected chi connectivity index (χ3v) is 1.50. The molecule has 3 heteroatoms. The zero-order chi connectivity index (χ0) is 9.68. The fourth-order valence-electron chi connectivity index (χ4n) is 0.853. The quantitative estimate of drug-likeness (QED) is 0.438. The van der Waals surface area contributed by atoms with Gasteiger partial charge in [0.25, 0.3) is 0 Å². The van der Waals surface area contributed by atoms with Gasteiger partial charge < -0.3 is 4.89 Å². The molecule has 1 aromatic carbocycles. The van der Waals surface area contributed by atoms with Gasteiger partial charge in [0, 0.05) is 0 Å². The molecule has 0 aliphatic heterocycles. The topological polar surface area (TPSA) is 46.5 Å². The van der Waals surface area contributed by atoms with Crippen LogP contribution >= 0.6 is 0 Å². The Hall–Kier alpha value is -1.61. The van der Waals surface area contributed by atoms with Crippen molar-refractivity contribution in [3.05, 3.63) is 35.9 Å². The van der Waals surface area contributed by atoms with Crippen LogP contribution in [0.25, 0.3) is 6.08 Å². The molecule has 0 aliphatic rings. The van der Waals surface area contributed by atoms with E-state index >= 15 is 0 Å². The van der Waals surface area contributed by atoms with E-state index in [2.05, 4.69) is 4.89 Å². The van der Waals surface area contributed by atoms with E-state index in [-0.39, 0.29) is 5.78 Å². The van der Waals surface area contributed by atoms with Crippen LogP contribution in [0.1, 0.15) is 12.5 Å². The number of hydrogen-bond donors (Lipinski definition) is 1. The van der Waals surface area contributed by atoms with Crippen LogP contribution in [0.2, 0.25) is 0 Å². The Labute approximate surface area is 76.2 Å². The van der Waals surface area contributed by atoms with Crippen molar-refractivity contribution in [3.63, 3.8) is 0 Å². The molecule has 1 N–H and O–H groups in total. The molecule has 0 saturated carbocycles. The Kier molecular flexibility index (Phi) is 3.23. The molecule has 0 saturated heterocycles. The summed E-state index contributed by atoms with van der Waals surface area (Å²) in [4.78, 5) is 14.6. The summed E-state index contributed by atoms with van der Waals surface area (Å²) in [5.74, 6) is 0.377. The summed E-state index contributed by atoms with van der Waals surface area (Å²) in [6.07, 6.45) is 3.18. The van der Waals surface area contributed by atoms with Crippen molar-refractivity contribution in [1.29, 1.82) is 0 Å². The fourth-order valence-corrected chi connectivity index (χ4v) is 0.853. The van der Waals surface area contributed by atoms with E-state index < -0.39 is 0 Å². The maximum absolute atomic E-state index is 10.6. The summed E-state index contributed by atoms with van der Waals surface area (Å²) in [5.41, 5.74) is 0.885. The zero-order valence-electron chi connectivity index (χ0n) is 7.23. The van der Waals surface area contributed by atoms with E-state index in [4.69, 9.17) is 5.26 Å². The first-order valence-electron chi connectivity index (χ1n) is 3.82. The Morgan fingerprint density at radius 3 is 2.46 bits per heavy atom. The number of benzene rings is 1. The van der Waals surface area contributed by atoms with Crippen LogP contribution in [-0.4, -0.2) is 11.0 Å². The lowest BCUT2D eigenvalue weighted by Gasteiger charge is -1.95. The van der Waals surface area contributed by atoms with Crippen LogP contribution in [0.15, 0.2) is 30.3 Å². The normalized spacial score (nSPS) is 10.3. The monoisotopic (exact) mass is 178 g/mol. The molecule has 0 atom stereocenters. The van der Waals surface area contributed by atoms with E-state index in [1.165, 1.54) is 13.0 Å². The van der Waals surface area contributed by atoms with Gasteiger partial charge in [0.15, 0.2) is 11.5 Å². The van der Waals surface area contributed by atoms with Crippen molar-refractivity contribution in [2.45, 2.75) is 6.92 Å². The molecule has 0 aromatic heterocycles.